The summed E-state index contributed by atoms with van der Waals surface area (Å²) in [6.07, 6.45) is 3.74. The summed E-state index contributed by atoms with van der Waals surface area (Å²) in [7, 11) is 0. The molecular weight excluding hydrogens is 440 g/mol. The van der Waals surface area contributed by atoms with Crippen LogP contribution >= 0.6 is 23.4 Å². The van der Waals surface area contributed by atoms with Crippen molar-refractivity contribution in [2.24, 2.45) is 0 Å². The number of nitrogens with one attached hydrogen (secondary N) is 1. The number of benzene rings is 1. The third-order valence-corrected chi connectivity index (χ3v) is 5.58. The van der Waals surface area contributed by atoms with Crippen LogP contribution in [0.1, 0.15) is 0 Å². The third kappa shape index (κ3) is 5.38. The number of fused-ring (bicyclic) bond motifs is 1. The molecule has 31 heavy (non-hydrogen) atoms. The molecule has 11 heteroatoms. The quantitative estimate of drug-likeness (QED) is 0.402. The fraction of sp³-hybridized carbons (Fsp3) is 0.400. The van der Waals surface area contributed by atoms with Crippen molar-refractivity contribution in [2.45, 2.75) is 11.7 Å². The molecule has 2 aromatic heterocycles. The predicted molar refractivity (Wildman–Crippen MR) is 120 cm³/mol. The molecule has 1 aromatic carbocycles. The Morgan fingerprint density at radius 3 is 2.77 bits per heavy atom. The van der Waals surface area contributed by atoms with Gasteiger partial charge in [0.1, 0.15) is 11.6 Å². The van der Waals surface area contributed by atoms with Crippen molar-refractivity contribution in [3.63, 3.8) is 0 Å². The standard InChI is InChI=1S/C20H23ClN6O3S/c1-31-20-24-18(26-8-10-29-11-9-26)16-12-23-27(19(16)25-20)7-6-22-17(28)13-30-15-4-2-14(21)3-5-15/h2-5,12H,6-11,13H2,1H3,(H,22,28). The average molecular weight is 463 g/mol. The minimum Gasteiger partial charge on any atom is -0.484 e. The number of hydrogen-bond acceptors (Lipinski definition) is 8. The van der Waals surface area contributed by atoms with E-state index in [1.54, 1.807) is 35.1 Å². The van der Waals surface area contributed by atoms with Gasteiger partial charge < -0.3 is 19.7 Å². The van der Waals surface area contributed by atoms with Crippen molar-refractivity contribution in [1.82, 2.24) is 25.1 Å². The summed E-state index contributed by atoms with van der Waals surface area (Å²) in [5, 5.41) is 9.53. The Labute approximate surface area is 189 Å². The van der Waals surface area contributed by atoms with Crippen LogP contribution in [-0.2, 0) is 16.1 Å². The fourth-order valence-electron chi connectivity index (χ4n) is 3.22. The summed E-state index contributed by atoms with van der Waals surface area (Å²) in [4.78, 5) is 23.6. The molecule has 1 aliphatic heterocycles. The smallest absolute Gasteiger partial charge is 0.258 e. The second-order valence-corrected chi connectivity index (χ2v) is 8.04. The van der Waals surface area contributed by atoms with E-state index >= 15 is 0 Å². The molecule has 164 valence electrons. The minimum absolute atomic E-state index is 0.0680. The second kappa shape index (κ2) is 10.2. The van der Waals surface area contributed by atoms with E-state index in [0.29, 0.717) is 42.2 Å². The summed E-state index contributed by atoms with van der Waals surface area (Å²) >= 11 is 7.34. The number of carbonyl (C=O) groups excluding carboxylic acids is 1. The van der Waals surface area contributed by atoms with Crippen LogP contribution in [0.25, 0.3) is 11.0 Å². The van der Waals surface area contributed by atoms with Gasteiger partial charge in [0, 0.05) is 24.7 Å². The van der Waals surface area contributed by atoms with Gasteiger partial charge in [-0.05, 0) is 30.5 Å². The number of nitrogens with zero attached hydrogens (tertiary/aromatic N) is 5. The number of anilines is 1. The van der Waals surface area contributed by atoms with Gasteiger partial charge in [0.25, 0.3) is 5.91 Å². The molecule has 1 saturated heterocycles. The van der Waals surface area contributed by atoms with Gasteiger partial charge in [0.15, 0.2) is 17.4 Å². The molecular formula is C20H23ClN6O3S. The van der Waals surface area contributed by atoms with Crippen LogP contribution in [0, 0.1) is 0 Å². The first-order chi connectivity index (χ1) is 15.1. The lowest BCUT2D eigenvalue weighted by molar-refractivity contribution is -0.123. The highest BCUT2D eigenvalue weighted by Gasteiger charge is 2.20. The number of halogens is 1. The van der Waals surface area contributed by atoms with E-state index in [0.717, 1.165) is 29.9 Å². The van der Waals surface area contributed by atoms with Crippen LogP contribution in [-0.4, -0.2) is 71.4 Å². The lowest BCUT2D eigenvalue weighted by atomic mass is 10.3. The second-order valence-electron chi connectivity index (χ2n) is 6.83. The zero-order chi connectivity index (χ0) is 21.6. The molecule has 1 aliphatic rings. The molecule has 0 aliphatic carbocycles. The van der Waals surface area contributed by atoms with Crippen LogP contribution in [0.3, 0.4) is 0 Å². The molecule has 1 fully saturated rings. The first-order valence-electron chi connectivity index (χ1n) is 9.89. The lowest BCUT2D eigenvalue weighted by Gasteiger charge is -2.28. The highest BCUT2D eigenvalue weighted by molar-refractivity contribution is 7.98. The Morgan fingerprint density at radius 1 is 1.26 bits per heavy atom. The van der Waals surface area contributed by atoms with E-state index < -0.39 is 0 Å². The Balaban J connectivity index is 1.38. The summed E-state index contributed by atoms with van der Waals surface area (Å²) in [6, 6.07) is 6.88. The number of thioether (sulfide) groups is 1. The number of ether oxygens (including phenoxy) is 2. The van der Waals surface area contributed by atoms with Crippen LogP contribution in [0.15, 0.2) is 35.6 Å². The van der Waals surface area contributed by atoms with Gasteiger partial charge in [0.05, 0.1) is 31.3 Å². The van der Waals surface area contributed by atoms with E-state index in [1.807, 2.05) is 6.26 Å². The topological polar surface area (TPSA) is 94.4 Å². The SMILES string of the molecule is CSc1nc(N2CCOCC2)c2cnn(CCNC(=O)COc3ccc(Cl)cc3)c2n1. The summed E-state index contributed by atoms with van der Waals surface area (Å²) in [5.41, 5.74) is 0.757. The van der Waals surface area contributed by atoms with Gasteiger partial charge >= 0.3 is 0 Å². The first-order valence-corrected chi connectivity index (χ1v) is 11.5. The van der Waals surface area contributed by atoms with Crippen molar-refractivity contribution in [2.75, 3.05) is 50.6 Å². The molecule has 1 amide bonds. The van der Waals surface area contributed by atoms with Crippen LogP contribution in [0.4, 0.5) is 5.82 Å². The summed E-state index contributed by atoms with van der Waals surface area (Å²) < 4.78 is 12.7. The van der Waals surface area contributed by atoms with Crippen molar-refractivity contribution in [3.05, 3.63) is 35.5 Å². The van der Waals surface area contributed by atoms with E-state index in [4.69, 9.17) is 26.1 Å². The number of amides is 1. The van der Waals surface area contributed by atoms with Crippen molar-refractivity contribution in [1.29, 1.82) is 0 Å². The average Bonchev–Trinajstić information content (AvgIpc) is 3.21. The largest absolute Gasteiger partial charge is 0.484 e. The van der Waals surface area contributed by atoms with E-state index in [1.165, 1.54) is 11.8 Å². The van der Waals surface area contributed by atoms with Gasteiger partial charge in [-0.1, -0.05) is 23.4 Å². The maximum Gasteiger partial charge on any atom is 0.258 e. The highest BCUT2D eigenvalue weighted by atomic mass is 35.5. The summed E-state index contributed by atoms with van der Waals surface area (Å²) in [6.45, 7) is 3.76. The number of aromatic nitrogens is 4. The van der Waals surface area contributed by atoms with Crippen LogP contribution < -0.4 is 15.0 Å². The highest BCUT2D eigenvalue weighted by Crippen LogP contribution is 2.27. The maximum atomic E-state index is 12.1. The van der Waals surface area contributed by atoms with Crippen LogP contribution in [0.5, 0.6) is 5.75 Å². The first kappa shape index (κ1) is 21.7. The molecule has 0 bridgehead atoms. The molecule has 3 heterocycles. The number of carbonyl (C=O) groups is 1. The molecule has 3 aromatic rings. The Bertz CT molecular complexity index is 1040. The molecule has 9 nitrogen and oxygen atoms in total. The van der Waals surface area contributed by atoms with Gasteiger partial charge in [-0.15, -0.1) is 0 Å². The normalized spacial score (nSPS) is 14.1. The van der Waals surface area contributed by atoms with Gasteiger partial charge in [-0.2, -0.15) is 5.10 Å². The van der Waals surface area contributed by atoms with Gasteiger partial charge in [-0.3, -0.25) is 4.79 Å². The van der Waals surface area contributed by atoms with Gasteiger partial charge in [0.2, 0.25) is 0 Å². The third-order valence-electron chi connectivity index (χ3n) is 4.78. The van der Waals surface area contributed by atoms with Crippen molar-refractivity contribution >= 4 is 46.1 Å². The van der Waals surface area contributed by atoms with Crippen molar-refractivity contribution < 1.29 is 14.3 Å². The monoisotopic (exact) mass is 462 g/mol. The predicted octanol–water partition coefficient (Wildman–Crippen LogP) is 2.23. The molecule has 0 radical (unpaired) electrons. The minimum atomic E-state index is -0.208. The molecule has 0 unspecified atom stereocenters. The van der Waals surface area contributed by atoms with E-state index in [9.17, 15) is 4.79 Å². The van der Waals surface area contributed by atoms with Crippen molar-refractivity contribution in [3.8, 4) is 5.75 Å². The number of morpholine rings is 1. The van der Waals surface area contributed by atoms with E-state index in [2.05, 4.69) is 20.3 Å². The summed E-state index contributed by atoms with van der Waals surface area (Å²) in [5.74, 6) is 1.26. The zero-order valence-electron chi connectivity index (χ0n) is 17.1. The Morgan fingerprint density at radius 2 is 2.03 bits per heavy atom. The molecule has 1 N–H and O–H groups in total. The number of hydrogen-bond donors (Lipinski definition) is 1. The van der Waals surface area contributed by atoms with Gasteiger partial charge in [-0.25, -0.2) is 14.6 Å². The Hall–Kier alpha value is -2.56. The lowest BCUT2D eigenvalue weighted by Crippen LogP contribution is -2.37. The molecule has 4 rings (SSSR count). The Kier molecular flexibility index (Phi) is 7.10. The zero-order valence-corrected chi connectivity index (χ0v) is 18.7. The van der Waals surface area contributed by atoms with Crippen LogP contribution in [0.2, 0.25) is 5.02 Å². The fourth-order valence-corrected chi connectivity index (χ4v) is 3.71. The molecule has 0 saturated carbocycles. The maximum absolute atomic E-state index is 12.1. The molecule has 0 atom stereocenters. The van der Waals surface area contributed by atoms with E-state index in [-0.39, 0.29) is 12.5 Å². The number of rotatable bonds is 8. The molecule has 0 spiro atoms.